The lowest BCUT2D eigenvalue weighted by molar-refractivity contribution is -0.293. The van der Waals surface area contributed by atoms with Crippen molar-refractivity contribution in [2.24, 2.45) is 5.11 Å². The molecule has 0 aromatic carbocycles. The number of azide groups is 1. The summed E-state index contributed by atoms with van der Waals surface area (Å²) in [6, 6.07) is 0. The topological polar surface area (TPSA) is 165 Å². The number of carboxylic acid groups (broad SMARTS) is 1. The largest absolute Gasteiger partial charge is 0.479 e. The molecule has 10 nitrogen and oxygen atoms in total. The van der Waals surface area contributed by atoms with Crippen LogP contribution in [0.5, 0.6) is 0 Å². The molecule has 1 rings (SSSR count). The van der Waals surface area contributed by atoms with Gasteiger partial charge in [-0.15, -0.1) is 0 Å². The predicted molar refractivity (Wildman–Crippen MR) is 54.3 cm³/mol. The zero-order chi connectivity index (χ0) is 13.7. The average Bonchev–Trinajstić information content (AvgIpc) is 2.33. The van der Waals surface area contributed by atoms with Gasteiger partial charge < -0.3 is 29.9 Å². The second-order valence-corrected chi connectivity index (χ2v) is 3.56. The first kappa shape index (κ1) is 14.6. The number of aliphatic carboxylic acids is 1. The van der Waals surface area contributed by atoms with E-state index in [0.717, 1.165) is 0 Å². The van der Waals surface area contributed by atoms with Crippen molar-refractivity contribution in [2.45, 2.75) is 30.7 Å². The van der Waals surface area contributed by atoms with Gasteiger partial charge in [-0.2, -0.15) is 0 Å². The number of hydrogen-bond acceptors (Lipinski definition) is 7. The Balaban J connectivity index is 2.61. The predicted octanol–water partition coefficient (Wildman–Crippen LogP) is -1.79. The van der Waals surface area contributed by atoms with Gasteiger partial charge in [0.15, 0.2) is 12.4 Å². The molecule has 0 aromatic rings. The summed E-state index contributed by atoms with van der Waals surface area (Å²) < 4.78 is 9.73. The van der Waals surface area contributed by atoms with Crippen molar-refractivity contribution >= 4 is 5.97 Å². The standard InChI is InChI=1S/C8H13N3O7/c9-11-10-1-2-17-8-5(14)3(12)4(13)6(18-8)7(15)16/h3-6,8,12-14H,1-2H2,(H,15,16)/t3-,4+,5?,6?,8+/m0/s1. The van der Waals surface area contributed by atoms with Crippen LogP contribution in [0, 0.1) is 0 Å². The molecule has 0 spiro atoms. The van der Waals surface area contributed by atoms with E-state index in [9.17, 15) is 20.1 Å². The van der Waals surface area contributed by atoms with E-state index in [4.69, 9.17) is 20.1 Å². The van der Waals surface area contributed by atoms with Crippen LogP contribution in [-0.4, -0.2) is 70.3 Å². The normalized spacial score (nSPS) is 35.8. The van der Waals surface area contributed by atoms with Crippen LogP contribution in [0.1, 0.15) is 0 Å². The Labute approximate surface area is 101 Å². The summed E-state index contributed by atoms with van der Waals surface area (Å²) in [7, 11) is 0. The highest BCUT2D eigenvalue weighted by Crippen LogP contribution is 2.22. The van der Waals surface area contributed by atoms with Crippen LogP contribution in [0.25, 0.3) is 10.4 Å². The molecule has 10 heteroatoms. The molecule has 0 saturated carbocycles. The Morgan fingerprint density at radius 2 is 2.00 bits per heavy atom. The summed E-state index contributed by atoms with van der Waals surface area (Å²) >= 11 is 0. The van der Waals surface area contributed by atoms with Gasteiger partial charge in [-0.25, -0.2) is 4.79 Å². The summed E-state index contributed by atoms with van der Waals surface area (Å²) in [4.78, 5) is 13.2. The van der Waals surface area contributed by atoms with Crippen molar-refractivity contribution in [1.29, 1.82) is 0 Å². The van der Waals surface area contributed by atoms with Crippen molar-refractivity contribution in [3.8, 4) is 0 Å². The summed E-state index contributed by atoms with van der Waals surface area (Å²) in [5.74, 6) is -1.49. The Hall–Kier alpha value is -1.42. The van der Waals surface area contributed by atoms with Gasteiger partial charge in [0.2, 0.25) is 0 Å². The lowest BCUT2D eigenvalue weighted by Crippen LogP contribution is -2.60. The van der Waals surface area contributed by atoms with Crippen LogP contribution in [0.2, 0.25) is 0 Å². The van der Waals surface area contributed by atoms with Crippen molar-refractivity contribution in [3.63, 3.8) is 0 Å². The molecule has 4 N–H and O–H groups in total. The number of aliphatic hydroxyl groups excluding tert-OH is 3. The van der Waals surface area contributed by atoms with E-state index >= 15 is 0 Å². The van der Waals surface area contributed by atoms with E-state index in [0.29, 0.717) is 0 Å². The molecule has 0 amide bonds. The van der Waals surface area contributed by atoms with Gasteiger partial charge in [0.1, 0.15) is 18.3 Å². The molecule has 0 radical (unpaired) electrons. The Kier molecular flexibility index (Phi) is 5.28. The van der Waals surface area contributed by atoms with Crippen LogP contribution in [0.3, 0.4) is 0 Å². The molecule has 1 aliphatic heterocycles. The van der Waals surface area contributed by atoms with Gasteiger partial charge in [-0.3, -0.25) is 0 Å². The van der Waals surface area contributed by atoms with Crippen LogP contribution in [-0.2, 0) is 14.3 Å². The molecule has 102 valence electrons. The second kappa shape index (κ2) is 6.50. The van der Waals surface area contributed by atoms with Crippen molar-refractivity contribution in [1.82, 2.24) is 0 Å². The molecule has 1 saturated heterocycles. The molecular formula is C8H13N3O7. The maximum atomic E-state index is 10.7. The van der Waals surface area contributed by atoms with Gasteiger partial charge in [-0.1, -0.05) is 5.11 Å². The Bertz CT molecular complexity index is 346. The third-order valence-electron chi connectivity index (χ3n) is 2.35. The number of aliphatic hydroxyl groups is 3. The van der Waals surface area contributed by atoms with E-state index < -0.39 is 36.7 Å². The van der Waals surface area contributed by atoms with Gasteiger partial charge in [0, 0.05) is 11.5 Å². The molecule has 5 atom stereocenters. The SMILES string of the molecule is [N-]=[N+]=NCCO[C@@H]1OC(C(=O)O)[C@H](O)[C@H](O)C1O. The van der Waals surface area contributed by atoms with Gasteiger partial charge in [0.25, 0.3) is 0 Å². The summed E-state index contributed by atoms with van der Waals surface area (Å²) in [6.07, 6.45) is -8.17. The average molecular weight is 263 g/mol. The van der Waals surface area contributed by atoms with Gasteiger partial charge in [0.05, 0.1) is 6.61 Å². The first-order valence-electron chi connectivity index (χ1n) is 5.04. The molecule has 1 heterocycles. The van der Waals surface area contributed by atoms with E-state index in [1.54, 1.807) is 0 Å². The van der Waals surface area contributed by atoms with Gasteiger partial charge >= 0.3 is 5.97 Å². The fourth-order valence-corrected chi connectivity index (χ4v) is 1.44. The molecule has 0 bridgehead atoms. The monoisotopic (exact) mass is 263 g/mol. The van der Waals surface area contributed by atoms with Crippen molar-refractivity contribution < 1.29 is 34.7 Å². The van der Waals surface area contributed by atoms with Crippen molar-refractivity contribution in [3.05, 3.63) is 10.4 Å². The minimum atomic E-state index is -1.76. The van der Waals surface area contributed by atoms with Crippen LogP contribution < -0.4 is 0 Å². The Morgan fingerprint density at radius 1 is 1.33 bits per heavy atom. The summed E-state index contributed by atoms with van der Waals surface area (Å²) in [5, 5.41) is 40.2. The third-order valence-corrected chi connectivity index (χ3v) is 2.35. The lowest BCUT2D eigenvalue weighted by atomic mass is 9.99. The lowest BCUT2D eigenvalue weighted by Gasteiger charge is -2.38. The number of rotatable bonds is 5. The van der Waals surface area contributed by atoms with E-state index in [-0.39, 0.29) is 13.2 Å². The molecule has 18 heavy (non-hydrogen) atoms. The van der Waals surface area contributed by atoms with E-state index in [2.05, 4.69) is 10.0 Å². The fraction of sp³-hybridized carbons (Fsp3) is 0.875. The zero-order valence-electron chi connectivity index (χ0n) is 9.16. The first-order chi connectivity index (χ1) is 8.49. The highest BCUT2D eigenvalue weighted by Gasteiger charge is 2.47. The van der Waals surface area contributed by atoms with Crippen molar-refractivity contribution in [2.75, 3.05) is 13.2 Å². The number of carboxylic acids is 1. The third kappa shape index (κ3) is 3.29. The highest BCUT2D eigenvalue weighted by atomic mass is 16.7. The number of nitrogens with zero attached hydrogens (tertiary/aromatic N) is 3. The minimum absolute atomic E-state index is 0.0422. The fourth-order valence-electron chi connectivity index (χ4n) is 1.44. The molecular weight excluding hydrogens is 250 g/mol. The zero-order valence-corrected chi connectivity index (χ0v) is 9.16. The summed E-state index contributed by atoms with van der Waals surface area (Å²) in [5.41, 5.74) is 8.02. The number of carbonyl (C=O) groups is 1. The maximum Gasteiger partial charge on any atom is 0.335 e. The minimum Gasteiger partial charge on any atom is -0.479 e. The van der Waals surface area contributed by atoms with Crippen LogP contribution in [0.15, 0.2) is 5.11 Å². The number of ether oxygens (including phenoxy) is 2. The summed E-state index contributed by atoms with van der Waals surface area (Å²) in [6.45, 7) is -0.166. The quantitative estimate of drug-likeness (QED) is 0.196. The maximum absolute atomic E-state index is 10.7. The molecule has 1 fully saturated rings. The van der Waals surface area contributed by atoms with E-state index in [1.165, 1.54) is 0 Å². The Morgan fingerprint density at radius 3 is 2.56 bits per heavy atom. The molecule has 0 aromatic heterocycles. The van der Waals surface area contributed by atoms with Crippen LogP contribution >= 0.6 is 0 Å². The molecule has 0 aliphatic carbocycles. The second-order valence-electron chi connectivity index (χ2n) is 3.56. The number of hydrogen-bond donors (Lipinski definition) is 4. The smallest absolute Gasteiger partial charge is 0.335 e. The van der Waals surface area contributed by atoms with E-state index in [1.807, 2.05) is 0 Å². The highest BCUT2D eigenvalue weighted by molar-refractivity contribution is 5.73. The van der Waals surface area contributed by atoms with Crippen LogP contribution in [0.4, 0.5) is 0 Å². The molecule has 1 aliphatic rings. The molecule has 2 unspecified atom stereocenters. The van der Waals surface area contributed by atoms with Gasteiger partial charge in [-0.05, 0) is 5.53 Å². The first-order valence-corrected chi connectivity index (χ1v) is 5.04.